The highest BCUT2D eigenvalue weighted by Crippen LogP contribution is 2.32. The number of nitrogens with one attached hydrogen (secondary N) is 3. The Labute approximate surface area is 159 Å². The molecule has 7 heteroatoms. The molecule has 1 aliphatic carbocycles. The normalized spacial score (nSPS) is 22.9. The van der Waals surface area contributed by atoms with E-state index in [2.05, 4.69) is 21.3 Å². The molecule has 1 amide bonds. The van der Waals surface area contributed by atoms with Crippen molar-refractivity contribution in [3.05, 3.63) is 41.6 Å². The Balaban J connectivity index is 1.40. The number of amides is 1. The van der Waals surface area contributed by atoms with Gasteiger partial charge in [0.1, 0.15) is 17.6 Å². The Hall–Kier alpha value is -2.38. The Morgan fingerprint density at radius 3 is 2.67 bits per heavy atom. The number of rotatable bonds is 5. The number of benzene rings is 1. The molecule has 2 atom stereocenters. The highest BCUT2D eigenvalue weighted by atomic mass is 16.5. The van der Waals surface area contributed by atoms with Crippen molar-refractivity contribution in [2.45, 2.75) is 57.2 Å². The van der Waals surface area contributed by atoms with Crippen LogP contribution in [-0.2, 0) is 4.79 Å². The van der Waals surface area contributed by atoms with E-state index >= 15 is 0 Å². The molecule has 144 valence electrons. The van der Waals surface area contributed by atoms with Gasteiger partial charge in [-0.2, -0.15) is 5.10 Å². The Bertz CT molecular complexity index is 795. The van der Waals surface area contributed by atoms with Gasteiger partial charge < -0.3 is 10.1 Å². The van der Waals surface area contributed by atoms with Crippen molar-refractivity contribution in [3.63, 3.8) is 0 Å². The minimum atomic E-state index is -0.288. The van der Waals surface area contributed by atoms with Gasteiger partial charge in [0.25, 0.3) is 0 Å². The van der Waals surface area contributed by atoms with E-state index in [1.807, 2.05) is 41.9 Å². The zero-order valence-corrected chi connectivity index (χ0v) is 15.9. The van der Waals surface area contributed by atoms with Crippen molar-refractivity contribution in [3.8, 4) is 5.75 Å². The van der Waals surface area contributed by atoms with Crippen LogP contribution in [0.2, 0.25) is 0 Å². The summed E-state index contributed by atoms with van der Waals surface area (Å²) in [5.74, 6) is 1.60. The van der Waals surface area contributed by atoms with Crippen molar-refractivity contribution >= 4 is 11.7 Å². The van der Waals surface area contributed by atoms with E-state index in [1.165, 1.54) is 12.8 Å². The van der Waals surface area contributed by atoms with Crippen molar-refractivity contribution < 1.29 is 9.53 Å². The summed E-state index contributed by atoms with van der Waals surface area (Å²) in [6.07, 6.45) is 5.41. The van der Waals surface area contributed by atoms with Crippen LogP contribution in [0.1, 0.15) is 55.4 Å². The summed E-state index contributed by atoms with van der Waals surface area (Å²) in [6, 6.07) is 10.1. The number of hydrogen-bond donors (Lipinski definition) is 3. The van der Waals surface area contributed by atoms with Crippen LogP contribution in [0.25, 0.3) is 0 Å². The molecule has 27 heavy (non-hydrogen) atoms. The fraction of sp³-hybridized carbons (Fsp3) is 0.500. The van der Waals surface area contributed by atoms with Crippen LogP contribution in [0.15, 0.2) is 30.3 Å². The van der Waals surface area contributed by atoms with Gasteiger partial charge in [0.15, 0.2) is 0 Å². The van der Waals surface area contributed by atoms with Gasteiger partial charge in [0.2, 0.25) is 5.91 Å². The average Bonchev–Trinajstić information content (AvgIpc) is 3.42. The number of carbonyl (C=O) groups excluding carboxylic acids is 1. The lowest BCUT2D eigenvalue weighted by atomic mass is 10.0. The van der Waals surface area contributed by atoms with Crippen LogP contribution in [0.3, 0.4) is 0 Å². The molecule has 2 aliphatic rings. The molecular formula is C20H27N5O2. The smallest absolute Gasteiger partial charge is 0.244 e. The molecule has 2 unspecified atom stereocenters. The summed E-state index contributed by atoms with van der Waals surface area (Å²) in [5, 5.41) is 7.68. The van der Waals surface area contributed by atoms with E-state index in [1.54, 1.807) is 7.11 Å². The number of methoxy groups -OCH3 is 1. The number of nitrogens with zero attached hydrogens (tertiary/aromatic N) is 2. The maximum Gasteiger partial charge on any atom is 0.244 e. The van der Waals surface area contributed by atoms with Crippen LogP contribution >= 0.6 is 0 Å². The predicted octanol–water partition coefficient (Wildman–Crippen LogP) is 2.86. The molecule has 1 aromatic carbocycles. The summed E-state index contributed by atoms with van der Waals surface area (Å²) < 4.78 is 7.21. The summed E-state index contributed by atoms with van der Waals surface area (Å²) in [5.41, 5.74) is 8.42. The monoisotopic (exact) mass is 369 g/mol. The quantitative estimate of drug-likeness (QED) is 0.755. The maximum atomic E-state index is 12.8. The summed E-state index contributed by atoms with van der Waals surface area (Å²) >= 11 is 0. The van der Waals surface area contributed by atoms with Gasteiger partial charge in [0, 0.05) is 12.1 Å². The Kier molecular flexibility index (Phi) is 5.13. The molecule has 1 saturated carbocycles. The molecule has 7 nitrogen and oxygen atoms in total. The molecule has 1 saturated heterocycles. The number of hydrazine groups is 1. The molecular weight excluding hydrogens is 342 g/mol. The second kappa shape index (κ2) is 7.70. The van der Waals surface area contributed by atoms with Gasteiger partial charge in [-0.25, -0.2) is 15.5 Å². The first-order valence-corrected chi connectivity index (χ1v) is 9.66. The first-order valence-electron chi connectivity index (χ1n) is 9.66. The molecule has 1 aromatic heterocycles. The number of carbonyl (C=O) groups is 1. The van der Waals surface area contributed by atoms with Crippen molar-refractivity contribution in [1.29, 1.82) is 0 Å². The maximum absolute atomic E-state index is 12.8. The van der Waals surface area contributed by atoms with Crippen molar-refractivity contribution in [1.82, 2.24) is 20.6 Å². The molecule has 1 aliphatic heterocycles. The SMILES string of the molecule is COc1ccc(C2CC(C(=O)Nc3cc(C)nn3C3CCCC3)NN2)cc1. The van der Waals surface area contributed by atoms with E-state index in [9.17, 15) is 4.79 Å². The third-order valence-electron chi connectivity index (χ3n) is 5.52. The molecule has 2 fully saturated rings. The molecule has 3 N–H and O–H groups in total. The molecule has 2 heterocycles. The van der Waals surface area contributed by atoms with Crippen LogP contribution in [-0.4, -0.2) is 28.8 Å². The topological polar surface area (TPSA) is 80.2 Å². The van der Waals surface area contributed by atoms with Gasteiger partial charge in [-0.1, -0.05) is 25.0 Å². The number of ether oxygens (including phenoxy) is 1. The third kappa shape index (κ3) is 3.84. The molecule has 2 aromatic rings. The predicted molar refractivity (Wildman–Crippen MR) is 104 cm³/mol. The first-order chi connectivity index (χ1) is 13.1. The van der Waals surface area contributed by atoms with Gasteiger partial charge in [-0.05, 0) is 43.9 Å². The second-order valence-corrected chi connectivity index (χ2v) is 7.45. The summed E-state index contributed by atoms with van der Waals surface area (Å²) in [6.45, 7) is 1.97. The number of anilines is 1. The van der Waals surface area contributed by atoms with Crippen LogP contribution in [0, 0.1) is 6.92 Å². The average molecular weight is 369 g/mol. The molecule has 0 bridgehead atoms. The number of aryl methyl sites for hydroxylation is 1. The highest BCUT2D eigenvalue weighted by molar-refractivity contribution is 5.94. The number of hydrogen-bond acceptors (Lipinski definition) is 5. The summed E-state index contributed by atoms with van der Waals surface area (Å²) in [7, 11) is 1.66. The van der Waals surface area contributed by atoms with Gasteiger partial charge in [0.05, 0.1) is 18.8 Å². The summed E-state index contributed by atoms with van der Waals surface area (Å²) in [4.78, 5) is 12.8. The fourth-order valence-corrected chi connectivity index (χ4v) is 4.03. The van der Waals surface area contributed by atoms with Crippen molar-refractivity contribution in [2.75, 3.05) is 12.4 Å². The van der Waals surface area contributed by atoms with E-state index in [-0.39, 0.29) is 18.0 Å². The van der Waals surface area contributed by atoms with E-state index in [0.29, 0.717) is 12.5 Å². The minimum Gasteiger partial charge on any atom is -0.497 e. The van der Waals surface area contributed by atoms with E-state index in [0.717, 1.165) is 35.7 Å². The standard InChI is InChI=1S/C20H27N5O2/c1-13-11-19(25(24-13)15-5-3-4-6-15)21-20(26)18-12-17(22-23-18)14-7-9-16(27-2)10-8-14/h7-11,15,17-18,22-23H,3-6,12H2,1-2H3,(H,21,26). The minimum absolute atomic E-state index is 0.0299. The highest BCUT2D eigenvalue weighted by Gasteiger charge is 2.31. The van der Waals surface area contributed by atoms with Gasteiger partial charge in [-0.15, -0.1) is 0 Å². The first kappa shape index (κ1) is 18.0. The van der Waals surface area contributed by atoms with E-state index in [4.69, 9.17) is 4.74 Å². The fourth-order valence-electron chi connectivity index (χ4n) is 4.03. The molecule has 0 spiro atoms. The van der Waals surface area contributed by atoms with E-state index < -0.39 is 0 Å². The lowest BCUT2D eigenvalue weighted by Gasteiger charge is -2.16. The van der Waals surface area contributed by atoms with Crippen LogP contribution in [0.5, 0.6) is 5.75 Å². The zero-order valence-electron chi connectivity index (χ0n) is 15.9. The Morgan fingerprint density at radius 2 is 1.96 bits per heavy atom. The van der Waals surface area contributed by atoms with Gasteiger partial charge >= 0.3 is 0 Å². The second-order valence-electron chi connectivity index (χ2n) is 7.45. The van der Waals surface area contributed by atoms with Crippen LogP contribution < -0.4 is 20.9 Å². The van der Waals surface area contributed by atoms with Gasteiger partial charge in [-0.3, -0.25) is 4.79 Å². The lowest BCUT2D eigenvalue weighted by molar-refractivity contribution is -0.117. The molecule has 0 radical (unpaired) electrons. The third-order valence-corrected chi connectivity index (χ3v) is 5.52. The van der Waals surface area contributed by atoms with Crippen molar-refractivity contribution in [2.24, 2.45) is 0 Å². The number of aromatic nitrogens is 2. The zero-order chi connectivity index (χ0) is 18.8. The largest absolute Gasteiger partial charge is 0.497 e. The Morgan fingerprint density at radius 1 is 1.22 bits per heavy atom. The van der Waals surface area contributed by atoms with Crippen LogP contribution in [0.4, 0.5) is 5.82 Å². The molecule has 4 rings (SSSR count). The lowest BCUT2D eigenvalue weighted by Crippen LogP contribution is -2.40.